The summed E-state index contributed by atoms with van der Waals surface area (Å²) in [6, 6.07) is 9.64. The maximum Gasteiger partial charge on any atom is 0.224 e. The van der Waals surface area contributed by atoms with Gasteiger partial charge in [-0.05, 0) is 26.0 Å². The second kappa shape index (κ2) is 5.23. The number of fused-ring (bicyclic) bond motifs is 1. The van der Waals surface area contributed by atoms with Crippen molar-refractivity contribution < 1.29 is 24.4 Å². The predicted molar refractivity (Wildman–Crippen MR) is 75.7 cm³/mol. The molecule has 0 amide bonds. The minimum absolute atomic E-state index is 0.361. The molecule has 3 N–H and O–H groups in total. The van der Waals surface area contributed by atoms with Crippen LogP contribution in [0.25, 0.3) is 0 Å². The van der Waals surface area contributed by atoms with Gasteiger partial charge in [-0.1, -0.05) is 18.2 Å². The number of aliphatic hydroxyl groups excluding tert-OH is 2. The Labute approximate surface area is 123 Å². The summed E-state index contributed by atoms with van der Waals surface area (Å²) in [4.78, 5) is 0. The molecule has 3 rings (SSSR count). The Morgan fingerprint density at radius 1 is 1.19 bits per heavy atom. The van der Waals surface area contributed by atoms with E-state index < -0.39 is 29.9 Å². The zero-order valence-corrected chi connectivity index (χ0v) is 12.2. The Balaban J connectivity index is 1.68. The van der Waals surface area contributed by atoms with Crippen LogP contribution in [0.5, 0.6) is 0 Å². The van der Waals surface area contributed by atoms with Gasteiger partial charge in [-0.15, -0.1) is 0 Å². The molecule has 0 aromatic heterocycles. The van der Waals surface area contributed by atoms with E-state index in [0.717, 1.165) is 5.69 Å². The number of aliphatic hydroxyl groups is 2. The Hall–Kier alpha value is -1.18. The van der Waals surface area contributed by atoms with E-state index in [4.69, 9.17) is 14.2 Å². The third-order valence-electron chi connectivity index (χ3n) is 3.81. The van der Waals surface area contributed by atoms with Gasteiger partial charge < -0.3 is 29.7 Å². The standard InChI is InChI=1S/C15H21NO5/c1-14(2)20-13-12(18)11(19-15(13,9-17)21-14)8-16-10-6-4-3-5-7-10/h3-7,11-13,16-18H,8-9H2,1-2H3/t11-,12+,13-,15-/m0/s1. The first-order valence-corrected chi connectivity index (χ1v) is 7.09. The largest absolute Gasteiger partial charge is 0.391 e. The Morgan fingerprint density at radius 3 is 2.52 bits per heavy atom. The smallest absolute Gasteiger partial charge is 0.224 e. The van der Waals surface area contributed by atoms with Gasteiger partial charge in [-0.3, -0.25) is 0 Å². The van der Waals surface area contributed by atoms with Gasteiger partial charge in [-0.25, -0.2) is 0 Å². The minimum atomic E-state index is -1.29. The lowest BCUT2D eigenvalue weighted by Crippen LogP contribution is -2.43. The molecule has 1 aromatic rings. The monoisotopic (exact) mass is 295 g/mol. The molecular formula is C15H21NO5. The van der Waals surface area contributed by atoms with E-state index in [1.807, 2.05) is 30.3 Å². The first-order chi connectivity index (χ1) is 9.96. The van der Waals surface area contributed by atoms with E-state index in [1.54, 1.807) is 13.8 Å². The molecule has 2 aliphatic heterocycles. The molecular weight excluding hydrogens is 274 g/mol. The molecule has 2 fully saturated rings. The number of benzene rings is 1. The molecule has 0 unspecified atom stereocenters. The predicted octanol–water partition coefficient (Wildman–Crippen LogP) is 0.698. The van der Waals surface area contributed by atoms with E-state index in [0.29, 0.717) is 6.54 Å². The highest BCUT2D eigenvalue weighted by atomic mass is 16.9. The molecule has 2 heterocycles. The maximum absolute atomic E-state index is 10.4. The molecule has 4 atom stereocenters. The van der Waals surface area contributed by atoms with E-state index in [2.05, 4.69) is 5.32 Å². The van der Waals surface area contributed by atoms with Crippen LogP contribution in [-0.4, -0.2) is 53.3 Å². The average Bonchev–Trinajstić information content (AvgIpc) is 2.88. The normalized spacial score (nSPS) is 37.4. The molecule has 6 nitrogen and oxygen atoms in total. The Morgan fingerprint density at radius 2 is 1.90 bits per heavy atom. The molecule has 2 aliphatic rings. The summed E-state index contributed by atoms with van der Waals surface area (Å²) in [7, 11) is 0. The first kappa shape index (κ1) is 14.7. The fourth-order valence-electron chi connectivity index (χ4n) is 2.93. The van der Waals surface area contributed by atoms with Crippen molar-refractivity contribution in [1.82, 2.24) is 0 Å². The second-order valence-electron chi connectivity index (χ2n) is 5.90. The molecule has 0 radical (unpaired) electrons. The highest BCUT2D eigenvalue weighted by Crippen LogP contribution is 2.45. The lowest BCUT2D eigenvalue weighted by molar-refractivity contribution is -0.272. The molecule has 21 heavy (non-hydrogen) atoms. The van der Waals surface area contributed by atoms with Crippen molar-refractivity contribution in [2.45, 2.75) is 43.7 Å². The van der Waals surface area contributed by atoms with Crippen molar-refractivity contribution in [3.8, 4) is 0 Å². The van der Waals surface area contributed by atoms with Crippen LogP contribution in [0.1, 0.15) is 13.8 Å². The van der Waals surface area contributed by atoms with Crippen LogP contribution < -0.4 is 5.32 Å². The molecule has 116 valence electrons. The molecule has 2 saturated heterocycles. The highest BCUT2D eigenvalue weighted by molar-refractivity contribution is 5.42. The number of nitrogens with one attached hydrogen (secondary N) is 1. The molecule has 1 aromatic carbocycles. The van der Waals surface area contributed by atoms with Crippen LogP contribution >= 0.6 is 0 Å². The summed E-state index contributed by atoms with van der Waals surface area (Å²) in [5, 5.41) is 23.2. The number of para-hydroxylation sites is 1. The number of rotatable bonds is 4. The molecule has 0 saturated carbocycles. The third-order valence-corrected chi connectivity index (χ3v) is 3.81. The van der Waals surface area contributed by atoms with Gasteiger partial charge in [0.15, 0.2) is 5.79 Å². The molecule has 6 heteroatoms. The van der Waals surface area contributed by atoms with Crippen LogP contribution in [-0.2, 0) is 14.2 Å². The number of anilines is 1. The minimum Gasteiger partial charge on any atom is -0.391 e. The van der Waals surface area contributed by atoms with Crippen molar-refractivity contribution in [3.05, 3.63) is 30.3 Å². The van der Waals surface area contributed by atoms with Gasteiger partial charge >= 0.3 is 0 Å². The van der Waals surface area contributed by atoms with Crippen molar-refractivity contribution in [3.63, 3.8) is 0 Å². The second-order valence-corrected chi connectivity index (χ2v) is 5.90. The summed E-state index contributed by atoms with van der Waals surface area (Å²) >= 11 is 0. The lowest BCUT2D eigenvalue weighted by Gasteiger charge is -2.27. The van der Waals surface area contributed by atoms with Gasteiger partial charge in [0.05, 0.1) is 0 Å². The van der Waals surface area contributed by atoms with Crippen LogP contribution in [0, 0.1) is 0 Å². The summed E-state index contributed by atoms with van der Waals surface area (Å²) < 4.78 is 17.1. The van der Waals surface area contributed by atoms with E-state index >= 15 is 0 Å². The van der Waals surface area contributed by atoms with E-state index in [9.17, 15) is 10.2 Å². The van der Waals surface area contributed by atoms with Crippen LogP contribution in [0.4, 0.5) is 5.69 Å². The van der Waals surface area contributed by atoms with Gasteiger partial charge in [0, 0.05) is 12.2 Å². The zero-order valence-electron chi connectivity index (χ0n) is 12.2. The SMILES string of the molecule is CC1(C)O[C@H]2[C@H](O)[C@H](CNc3ccccc3)O[C@@]2(CO)O1. The summed E-state index contributed by atoms with van der Waals surface area (Å²) in [6.07, 6.45) is -2.08. The molecule has 0 bridgehead atoms. The van der Waals surface area contributed by atoms with E-state index in [1.165, 1.54) is 0 Å². The maximum atomic E-state index is 10.4. The van der Waals surface area contributed by atoms with Gasteiger partial charge in [-0.2, -0.15) is 0 Å². The van der Waals surface area contributed by atoms with Crippen LogP contribution in [0.3, 0.4) is 0 Å². The topological polar surface area (TPSA) is 80.2 Å². The van der Waals surface area contributed by atoms with Crippen molar-refractivity contribution in [2.75, 3.05) is 18.5 Å². The average molecular weight is 295 g/mol. The summed E-state index contributed by atoms with van der Waals surface area (Å²) in [6.45, 7) is 3.50. The molecule has 0 aliphatic carbocycles. The van der Waals surface area contributed by atoms with Gasteiger partial charge in [0.2, 0.25) is 5.79 Å². The van der Waals surface area contributed by atoms with Gasteiger partial charge in [0.1, 0.15) is 24.9 Å². The fraction of sp³-hybridized carbons (Fsp3) is 0.600. The van der Waals surface area contributed by atoms with Crippen molar-refractivity contribution in [2.24, 2.45) is 0 Å². The van der Waals surface area contributed by atoms with Crippen molar-refractivity contribution in [1.29, 1.82) is 0 Å². The Kier molecular flexibility index (Phi) is 3.67. The van der Waals surface area contributed by atoms with Crippen molar-refractivity contribution >= 4 is 5.69 Å². The number of ether oxygens (including phenoxy) is 3. The highest BCUT2D eigenvalue weighted by Gasteiger charge is 2.64. The number of hydrogen-bond acceptors (Lipinski definition) is 6. The number of hydrogen-bond donors (Lipinski definition) is 3. The summed E-state index contributed by atoms with van der Waals surface area (Å²) in [5.41, 5.74) is 0.936. The van der Waals surface area contributed by atoms with E-state index in [-0.39, 0.29) is 6.61 Å². The quantitative estimate of drug-likeness (QED) is 0.759. The van der Waals surface area contributed by atoms with Gasteiger partial charge in [0.25, 0.3) is 0 Å². The third kappa shape index (κ3) is 2.65. The van der Waals surface area contributed by atoms with Crippen LogP contribution in [0.15, 0.2) is 30.3 Å². The first-order valence-electron chi connectivity index (χ1n) is 7.09. The lowest BCUT2D eigenvalue weighted by atomic mass is 10.1. The fourth-order valence-corrected chi connectivity index (χ4v) is 2.93. The zero-order chi connectivity index (χ0) is 15.1. The summed E-state index contributed by atoms with van der Waals surface area (Å²) in [5.74, 6) is -2.17. The van der Waals surface area contributed by atoms with Crippen LogP contribution in [0.2, 0.25) is 0 Å². The molecule has 0 spiro atoms. The Bertz CT molecular complexity index is 494.